The largest absolute Gasteiger partial charge is 0.496 e. The lowest BCUT2D eigenvalue weighted by molar-refractivity contribution is -0.123. The first-order chi connectivity index (χ1) is 13.5. The van der Waals surface area contributed by atoms with Crippen LogP contribution in [-0.4, -0.2) is 19.6 Å². The molecule has 3 aromatic rings. The molecule has 0 aliphatic carbocycles. The van der Waals surface area contributed by atoms with E-state index in [1.165, 1.54) is 0 Å². The third kappa shape index (κ3) is 4.47. The number of carbonyl (C=O) groups is 1. The maximum absolute atomic E-state index is 12.5. The van der Waals surface area contributed by atoms with E-state index in [1.807, 2.05) is 68.4 Å². The van der Waals surface area contributed by atoms with Crippen LogP contribution in [0.15, 0.2) is 59.1 Å². The van der Waals surface area contributed by atoms with Gasteiger partial charge >= 0.3 is 0 Å². The summed E-state index contributed by atoms with van der Waals surface area (Å²) in [6, 6.07) is 17.8. The molecule has 0 heterocycles. The first-order valence-electron chi connectivity index (χ1n) is 9.27. The molecule has 1 unspecified atom stereocenters. The van der Waals surface area contributed by atoms with Crippen molar-refractivity contribution in [1.29, 1.82) is 0 Å². The predicted molar refractivity (Wildman–Crippen MR) is 116 cm³/mol. The van der Waals surface area contributed by atoms with Crippen LogP contribution in [0.2, 0.25) is 0 Å². The average Bonchev–Trinajstić information content (AvgIpc) is 2.71. The highest BCUT2D eigenvalue weighted by atomic mass is 79.9. The fourth-order valence-electron chi connectivity index (χ4n) is 3.24. The molecule has 4 nitrogen and oxygen atoms in total. The van der Waals surface area contributed by atoms with E-state index in [4.69, 9.17) is 9.47 Å². The number of nitrogens with one attached hydrogen (secondary N) is 1. The lowest BCUT2D eigenvalue weighted by atomic mass is 10.0. The van der Waals surface area contributed by atoms with Crippen molar-refractivity contribution in [2.24, 2.45) is 0 Å². The second kappa shape index (κ2) is 9.11. The Bertz CT molecular complexity index is 987. The van der Waals surface area contributed by atoms with Gasteiger partial charge in [0.15, 0.2) is 6.61 Å². The number of carbonyl (C=O) groups excluding carboxylic acids is 1. The predicted octanol–water partition coefficient (Wildman–Crippen LogP) is 5.57. The summed E-state index contributed by atoms with van der Waals surface area (Å²) in [5.74, 6) is 1.34. The zero-order valence-corrected chi connectivity index (χ0v) is 17.9. The molecule has 1 N–H and O–H groups in total. The highest BCUT2D eigenvalue weighted by Gasteiger charge is 2.15. The first-order valence-corrected chi connectivity index (χ1v) is 10.1. The molecular formula is C23H24BrNO3. The molecule has 146 valence electrons. The van der Waals surface area contributed by atoms with Gasteiger partial charge in [0.05, 0.1) is 17.6 Å². The quantitative estimate of drug-likeness (QED) is 0.521. The van der Waals surface area contributed by atoms with Crippen molar-refractivity contribution in [2.45, 2.75) is 26.3 Å². The van der Waals surface area contributed by atoms with Gasteiger partial charge in [0.25, 0.3) is 5.91 Å². The van der Waals surface area contributed by atoms with Crippen LogP contribution in [0.3, 0.4) is 0 Å². The summed E-state index contributed by atoms with van der Waals surface area (Å²) >= 11 is 3.59. The molecule has 5 heteroatoms. The van der Waals surface area contributed by atoms with E-state index in [2.05, 4.69) is 21.2 Å². The van der Waals surface area contributed by atoms with Gasteiger partial charge in [0.1, 0.15) is 11.5 Å². The minimum Gasteiger partial charge on any atom is -0.496 e. The van der Waals surface area contributed by atoms with Gasteiger partial charge < -0.3 is 14.8 Å². The van der Waals surface area contributed by atoms with Crippen LogP contribution in [0.4, 0.5) is 0 Å². The molecule has 28 heavy (non-hydrogen) atoms. The van der Waals surface area contributed by atoms with Crippen molar-refractivity contribution in [2.75, 3.05) is 13.7 Å². The third-order valence-electron chi connectivity index (χ3n) is 4.75. The van der Waals surface area contributed by atoms with Gasteiger partial charge in [-0.1, -0.05) is 49.4 Å². The lowest BCUT2D eigenvalue weighted by Gasteiger charge is -2.19. The molecule has 1 atom stereocenters. The van der Waals surface area contributed by atoms with Crippen LogP contribution in [-0.2, 0) is 4.79 Å². The Balaban J connectivity index is 1.66. The minimum atomic E-state index is -0.152. The summed E-state index contributed by atoms with van der Waals surface area (Å²) in [6.07, 6.45) is 0.789. The molecule has 3 aromatic carbocycles. The lowest BCUT2D eigenvalue weighted by Crippen LogP contribution is -2.32. The second-order valence-corrected chi connectivity index (χ2v) is 7.44. The third-order valence-corrected chi connectivity index (χ3v) is 5.57. The van der Waals surface area contributed by atoms with E-state index < -0.39 is 0 Å². The zero-order valence-electron chi connectivity index (χ0n) is 16.3. The average molecular weight is 442 g/mol. The van der Waals surface area contributed by atoms with Gasteiger partial charge in [-0.2, -0.15) is 0 Å². The number of rotatable bonds is 7. The van der Waals surface area contributed by atoms with E-state index in [1.54, 1.807) is 7.11 Å². The molecule has 0 radical (unpaired) electrons. The van der Waals surface area contributed by atoms with Gasteiger partial charge in [-0.25, -0.2) is 0 Å². The molecule has 0 aliphatic heterocycles. The fraction of sp³-hybridized carbons (Fsp3) is 0.261. The van der Waals surface area contributed by atoms with E-state index in [0.29, 0.717) is 5.75 Å². The number of amides is 1. The second-order valence-electron chi connectivity index (χ2n) is 6.64. The van der Waals surface area contributed by atoms with Crippen LogP contribution in [0.5, 0.6) is 11.5 Å². The Morgan fingerprint density at radius 2 is 1.86 bits per heavy atom. The van der Waals surface area contributed by atoms with Crippen molar-refractivity contribution in [3.8, 4) is 11.5 Å². The molecule has 0 aliphatic rings. The number of fused-ring (bicyclic) bond motifs is 1. The number of ether oxygens (including phenoxy) is 2. The Morgan fingerprint density at radius 1 is 1.11 bits per heavy atom. The summed E-state index contributed by atoms with van der Waals surface area (Å²) in [4.78, 5) is 12.5. The maximum Gasteiger partial charge on any atom is 0.258 e. The summed E-state index contributed by atoms with van der Waals surface area (Å²) in [5, 5.41) is 5.23. The topological polar surface area (TPSA) is 47.6 Å². The SMILES string of the molecule is CCC(NC(=O)COc1ccc2ccccc2c1Br)c1ccc(OC)c(C)c1. The summed E-state index contributed by atoms with van der Waals surface area (Å²) in [7, 11) is 1.66. The van der Waals surface area contributed by atoms with Gasteiger partial charge in [0.2, 0.25) is 0 Å². The van der Waals surface area contributed by atoms with Crippen molar-refractivity contribution in [1.82, 2.24) is 5.32 Å². The van der Waals surface area contributed by atoms with E-state index >= 15 is 0 Å². The molecule has 0 bridgehead atoms. The van der Waals surface area contributed by atoms with Crippen LogP contribution >= 0.6 is 15.9 Å². The van der Waals surface area contributed by atoms with Crippen molar-refractivity contribution in [3.63, 3.8) is 0 Å². The number of benzene rings is 3. The fourth-order valence-corrected chi connectivity index (χ4v) is 3.85. The highest BCUT2D eigenvalue weighted by Crippen LogP contribution is 2.33. The smallest absolute Gasteiger partial charge is 0.258 e. The van der Waals surface area contributed by atoms with Crippen molar-refractivity contribution in [3.05, 3.63) is 70.2 Å². The normalized spacial score (nSPS) is 11.9. The number of aryl methyl sites for hydroxylation is 1. The Hall–Kier alpha value is -2.53. The number of hydrogen-bond acceptors (Lipinski definition) is 3. The first kappa shape index (κ1) is 20.2. The molecule has 0 fully saturated rings. The molecule has 0 saturated heterocycles. The Morgan fingerprint density at radius 3 is 2.57 bits per heavy atom. The van der Waals surface area contributed by atoms with E-state index in [-0.39, 0.29) is 18.6 Å². The number of hydrogen-bond donors (Lipinski definition) is 1. The number of methoxy groups -OCH3 is 1. The molecule has 0 aromatic heterocycles. The van der Waals surface area contributed by atoms with Crippen LogP contribution in [0.25, 0.3) is 10.8 Å². The van der Waals surface area contributed by atoms with Crippen LogP contribution in [0, 0.1) is 6.92 Å². The maximum atomic E-state index is 12.5. The molecule has 3 rings (SSSR count). The monoisotopic (exact) mass is 441 g/mol. The molecule has 1 amide bonds. The Kier molecular flexibility index (Phi) is 6.57. The Labute approximate surface area is 174 Å². The van der Waals surface area contributed by atoms with Gasteiger partial charge in [-0.15, -0.1) is 0 Å². The van der Waals surface area contributed by atoms with E-state index in [9.17, 15) is 4.79 Å². The standard InChI is InChI=1S/C23H24BrNO3/c1-4-19(17-10-11-20(27-3)15(2)13-17)25-22(26)14-28-21-12-9-16-7-5-6-8-18(16)23(21)24/h5-13,19H,4,14H2,1-3H3,(H,25,26). The molecular weight excluding hydrogens is 418 g/mol. The van der Waals surface area contributed by atoms with Gasteiger partial charge in [0, 0.05) is 0 Å². The van der Waals surface area contributed by atoms with E-state index in [0.717, 1.165) is 38.5 Å². The number of halogens is 1. The van der Waals surface area contributed by atoms with Gasteiger partial charge in [-0.05, 0) is 63.3 Å². The highest BCUT2D eigenvalue weighted by molar-refractivity contribution is 9.10. The zero-order chi connectivity index (χ0) is 20.1. The van der Waals surface area contributed by atoms with Crippen LogP contribution < -0.4 is 14.8 Å². The van der Waals surface area contributed by atoms with Crippen molar-refractivity contribution >= 4 is 32.6 Å². The summed E-state index contributed by atoms with van der Waals surface area (Å²) in [6.45, 7) is 4.01. The van der Waals surface area contributed by atoms with Crippen LogP contribution in [0.1, 0.15) is 30.5 Å². The van der Waals surface area contributed by atoms with Gasteiger partial charge in [-0.3, -0.25) is 4.79 Å². The van der Waals surface area contributed by atoms with Crippen molar-refractivity contribution < 1.29 is 14.3 Å². The summed E-state index contributed by atoms with van der Waals surface area (Å²) in [5.41, 5.74) is 2.10. The minimum absolute atomic E-state index is 0.0391. The molecule has 0 saturated carbocycles. The summed E-state index contributed by atoms with van der Waals surface area (Å²) < 4.78 is 11.9. The molecule has 0 spiro atoms.